The summed E-state index contributed by atoms with van der Waals surface area (Å²) in [4.78, 5) is 26.3. The molecular weight excluding hydrogens is 380 g/mol. The highest BCUT2D eigenvalue weighted by molar-refractivity contribution is 5.90. The Morgan fingerprint density at radius 1 is 1.00 bits per heavy atom. The fourth-order valence-corrected chi connectivity index (χ4v) is 3.65. The number of unbranched alkanes of at least 4 members (excludes halogenated alkanes) is 1. The van der Waals surface area contributed by atoms with Crippen LogP contribution in [0.15, 0.2) is 48.5 Å². The second kappa shape index (κ2) is 10.4. The minimum Gasteiger partial charge on any atom is -0.380 e. The Morgan fingerprint density at radius 3 is 2.37 bits per heavy atom. The molecule has 3 rings (SSSR count). The van der Waals surface area contributed by atoms with Gasteiger partial charge >= 0.3 is 0 Å². The molecule has 6 heteroatoms. The average Bonchev–Trinajstić information content (AvgIpc) is 2.80. The van der Waals surface area contributed by atoms with Crippen molar-refractivity contribution in [2.45, 2.75) is 57.9 Å². The number of amides is 2. The standard InChI is InChI=1S/C24H30N2O4/c1-2-3-6-17-9-11-18(12-10-17)15-25-23(29)21(27)22(28)24(30)26-14-13-19-7-4-5-8-20(19)16-26/h4-5,7-12,21-22,27-28H,2-3,6,13-16H2,1H3,(H,25,29). The highest BCUT2D eigenvalue weighted by atomic mass is 16.3. The lowest BCUT2D eigenvalue weighted by molar-refractivity contribution is -0.153. The van der Waals surface area contributed by atoms with Crippen molar-refractivity contribution >= 4 is 11.8 Å². The second-order valence-corrected chi connectivity index (χ2v) is 7.81. The molecule has 2 aromatic rings. The first-order valence-corrected chi connectivity index (χ1v) is 10.6. The number of nitrogens with one attached hydrogen (secondary N) is 1. The predicted molar refractivity (Wildman–Crippen MR) is 114 cm³/mol. The van der Waals surface area contributed by atoms with Crippen LogP contribution >= 0.6 is 0 Å². The van der Waals surface area contributed by atoms with Crippen LogP contribution in [-0.4, -0.2) is 45.7 Å². The zero-order valence-electron chi connectivity index (χ0n) is 17.4. The summed E-state index contributed by atoms with van der Waals surface area (Å²) in [6, 6.07) is 15.7. The molecule has 1 aliphatic rings. The number of rotatable bonds is 8. The van der Waals surface area contributed by atoms with Gasteiger partial charge in [-0.1, -0.05) is 61.9 Å². The summed E-state index contributed by atoms with van der Waals surface area (Å²) < 4.78 is 0. The topological polar surface area (TPSA) is 89.9 Å². The van der Waals surface area contributed by atoms with E-state index in [1.54, 1.807) is 0 Å². The van der Waals surface area contributed by atoms with Crippen LogP contribution in [0.1, 0.15) is 42.0 Å². The van der Waals surface area contributed by atoms with Gasteiger partial charge in [0, 0.05) is 19.6 Å². The van der Waals surface area contributed by atoms with E-state index in [0.29, 0.717) is 19.5 Å². The van der Waals surface area contributed by atoms with Crippen molar-refractivity contribution in [3.8, 4) is 0 Å². The van der Waals surface area contributed by atoms with Gasteiger partial charge in [-0.15, -0.1) is 0 Å². The molecule has 0 aromatic heterocycles. The van der Waals surface area contributed by atoms with Gasteiger partial charge in [0.05, 0.1) is 0 Å². The lowest BCUT2D eigenvalue weighted by atomic mass is 9.99. The number of aliphatic hydroxyl groups is 2. The van der Waals surface area contributed by atoms with Crippen molar-refractivity contribution in [3.63, 3.8) is 0 Å². The fourth-order valence-electron chi connectivity index (χ4n) is 3.65. The van der Waals surface area contributed by atoms with Crippen LogP contribution in [0.2, 0.25) is 0 Å². The number of hydrogen-bond donors (Lipinski definition) is 3. The van der Waals surface area contributed by atoms with Gasteiger partial charge < -0.3 is 20.4 Å². The zero-order chi connectivity index (χ0) is 21.5. The molecule has 2 amide bonds. The smallest absolute Gasteiger partial charge is 0.255 e. The van der Waals surface area contributed by atoms with E-state index in [1.165, 1.54) is 16.0 Å². The summed E-state index contributed by atoms with van der Waals surface area (Å²) in [6.45, 7) is 3.19. The maximum Gasteiger partial charge on any atom is 0.255 e. The van der Waals surface area contributed by atoms with Crippen LogP contribution in [0.5, 0.6) is 0 Å². The molecule has 0 saturated heterocycles. The van der Waals surface area contributed by atoms with Crippen molar-refractivity contribution in [3.05, 3.63) is 70.8 Å². The number of benzene rings is 2. The van der Waals surface area contributed by atoms with Crippen LogP contribution in [0.3, 0.4) is 0 Å². The van der Waals surface area contributed by atoms with E-state index in [1.807, 2.05) is 48.5 Å². The Balaban J connectivity index is 1.50. The lowest BCUT2D eigenvalue weighted by Gasteiger charge is -2.31. The number of aryl methyl sites for hydroxylation is 1. The van der Waals surface area contributed by atoms with E-state index in [9.17, 15) is 19.8 Å². The molecule has 2 atom stereocenters. The molecule has 0 radical (unpaired) electrons. The number of carbonyl (C=O) groups excluding carboxylic acids is 2. The molecule has 30 heavy (non-hydrogen) atoms. The quantitative estimate of drug-likeness (QED) is 0.621. The molecule has 2 aromatic carbocycles. The molecule has 0 bridgehead atoms. The third kappa shape index (κ3) is 5.46. The Labute approximate surface area is 177 Å². The van der Waals surface area contributed by atoms with Crippen molar-refractivity contribution < 1.29 is 19.8 Å². The Hall–Kier alpha value is -2.70. The molecule has 6 nitrogen and oxygen atoms in total. The van der Waals surface area contributed by atoms with Gasteiger partial charge in [-0.25, -0.2) is 0 Å². The largest absolute Gasteiger partial charge is 0.380 e. The van der Waals surface area contributed by atoms with E-state index in [-0.39, 0.29) is 6.54 Å². The van der Waals surface area contributed by atoms with Crippen molar-refractivity contribution in [1.29, 1.82) is 0 Å². The fraction of sp³-hybridized carbons (Fsp3) is 0.417. The highest BCUT2D eigenvalue weighted by Gasteiger charge is 2.34. The van der Waals surface area contributed by atoms with Gasteiger partial charge in [-0.2, -0.15) is 0 Å². The number of carbonyl (C=O) groups is 2. The first kappa shape index (κ1) is 22.0. The van der Waals surface area contributed by atoms with Crippen molar-refractivity contribution in [2.75, 3.05) is 6.54 Å². The van der Waals surface area contributed by atoms with Crippen LogP contribution in [-0.2, 0) is 35.5 Å². The van der Waals surface area contributed by atoms with E-state index in [2.05, 4.69) is 12.2 Å². The Bertz CT molecular complexity index is 866. The minimum absolute atomic E-state index is 0.224. The molecule has 160 valence electrons. The SMILES string of the molecule is CCCCc1ccc(CNC(=O)C(O)C(O)C(=O)N2CCc3ccccc3C2)cc1. The van der Waals surface area contributed by atoms with Gasteiger partial charge in [0.2, 0.25) is 0 Å². The van der Waals surface area contributed by atoms with Gasteiger partial charge in [-0.05, 0) is 41.5 Å². The Morgan fingerprint density at radius 2 is 1.67 bits per heavy atom. The van der Waals surface area contributed by atoms with E-state index < -0.39 is 24.0 Å². The maximum absolute atomic E-state index is 12.6. The van der Waals surface area contributed by atoms with Gasteiger partial charge in [0.15, 0.2) is 12.2 Å². The van der Waals surface area contributed by atoms with E-state index >= 15 is 0 Å². The lowest BCUT2D eigenvalue weighted by Crippen LogP contribution is -2.51. The number of aliphatic hydroxyl groups excluding tert-OH is 2. The molecule has 1 aliphatic heterocycles. The summed E-state index contributed by atoms with van der Waals surface area (Å²) >= 11 is 0. The minimum atomic E-state index is -1.81. The van der Waals surface area contributed by atoms with Gasteiger partial charge in [-0.3, -0.25) is 9.59 Å². The molecule has 0 spiro atoms. The molecule has 0 aliphatic carbocycles. The summed E-state index contributed by atoms with van der Waals surface area (Å²) in [5, 5.41) is 23.1. The van der Waals surface area contributed by atoms with Gasteiger partial charge in [0.25, 0.3) is 11.8 Å². The molecule has 0 fully saturated rings. The zero-order valence-corrected chi connectivity index (χ0v) is 17.4. The van der Waals surface area contributed by atoms with Crippen LogP contribution in [0.4, 0.5) is 0 Å². The molecule has 1 heterocycles. The molecule has 2 unspecified atom stereocenters. The molecular formula is C24H30N2O4. The maximum atomic E-state index is 12.6. The third-order valence-corrected chi connectivity index (χ3v) is 5.57. The summed E-state index contributed by atoms with van der Waals surface area (Å²) in [5.41, 5.74) is 4.33. The first-order chi connectivity index (χ1) is 14.5. The summed E-state index contributed by atoms with van der Waals surface area (Å²) in [5.74, 6) is -1.39. The monoisotopic (exact) mass is 410 g/mol. The van der Waals surface area contributed by atoms with Crippen molar-refractivity contribution in [2.24, 2.45) is 0 Å². The predicted octanol–water partition coefficient (Wildman–Crippen LogP) is 1.95. The average molecular weight is 411 g/mol. The van der Waals surface area contributed by atoms with E-state index in [4.69, 9.17) is 0 Å². The number of fused-ring (bicyclic) bond motifs is 1. The van der Waals surface area contributed by atoms with Crippen LogP contribution < -0.4 is 5.32 Å². The normalized spacial score (nSPS) is 15.2. The third-order valence-electron chi connectivity index (χ3n) is 5.57. The van der Waals surface area contributed by atoms with E-state index in [0.717, 1.165) is 30.4 Å². The van der Waals surface area contributed by atoms with Crippen LogP contribution in [0, 0.1) is 0 Å². The van der Waals surface area contributed by atoms with Crippen LogP contribution in [0.25, 0.3) is 0 Å². The summed E-state index contributed by atoms with van der Waals surface area (Å²) in [6.07, 6.45) is 0.393. The number of hydrogen-bond acceptors (Lipinski definition) is 4. The highest BCUT2D eigenvalue weighted by Crippen LogP contribution is 2.19. The number of nitrogens with zero attached hydrogens (tertiary/aromatic N) is 1. The summed E-state index contributed by atoms with van der Waals surface area (Å²) in [7, 11) is 0. The molecule has 3 N–H and O–H groups in total. The second-order valence-electron chi connectivity index (χ2n) is 7.81. The van der Waals surface area contributed by atoms with Gasteiger partial charge in [0.1, 0.15) is 0 Å². The molecule has 0 saturated carbocycles. The van der Waals surface area contributed by atoms with Crippen molar-refractivity contribution in [1.82, 2.24) is 10.2 Å². The first-order valence-electron chi connectivity index (χ1n) is 10.6. The Kier molecular flexibility index (Phi) is 7.60.